The van der Waals surface area contributed by atoms with E-state index in [1.165, 1.54) is 6.08 Å². The van der Waals surface area contributed by atoms with Crippen LogP contribution >= 0.6 is 11.6 Å². The van der Waals surface area contributed by atoms with Crippen molar-refractivity contribution < 1.29 is 4.79 Å². The normalized spacial score (nSPS) is 16.6. The number of nitrogens with zero attached hydrogens (tertiary/aromatic N) is 1. The summed E-state index contributed by atoms with van der Waals surface area (Å²) in [5.41, 5.74) is 0. The number of alkyl halides is 1. The van der Waals surface area contributed by atoms with E-state index in [1.54, 1.807) is 6.92 Å². The van der Waals surface area contributed by atoms with E-state index in [-0.39, 0.29) is 5.92 Å². The Hall–Kier alpha value is -0.330. The zero-order valence-electron chi connectivity index (χ0n) is 5.81. The lowest BCUT2D eigenvalue weighted by atomic mass is 10.1. The lowest BCUT2D eigenvalue weighted by molar-refractivity contribution is 0.467. The number of aliphatic imine (C=N–C) groups is 1. The molecule has 1 unspecified atom stereocenters. The third-order valence-electron chi connectivity index (χ3n) is 1.32. The van der Waals surface area contributed by atoms with Gasteiger partial charge in [-0.25, -0.2) is 4.79 Å². The Morgan fingerprint density at radius 3 is 2.22 bits per heavy atom. The van der Waals surface area contributed by atoms with E-state index in [4.69, 9.17) is 11.6 Å². The molecule has 0 saturated carbocycles. The monoisotopic (exact) mass is 147 g/mol. The number of hydrogen-bond donors (Lipinski definition) is 0. The van der Waals surface area contributed by atoms with Gasteiger partial charge in [0.15, 0.2) is 0 Å². The van der Waals surface area contributed by atoms with Crippen LogP contribution in [0.2, 0.25) is 0 Å². The smallest absolute Gasteiger partial charge is 0.211 e. The van der Waals surface area contributed by atoms with Crippen molar-refractivity contribution in [2.75, 3.05) is 0 Å². The summed E-state index contributed by atoms with van der Waals surface area (Å²) in [5.74, 6) is 0.153. The second kappa shape index (κ2) is 3.00. The first kappa shape index (κ1) is 8.67. The van der Waals surface area contributed by atoms with Crippen LogP contribution in [-0.4, -0.2) is 11.1 Å². The molecular formula is C6H10ClNO. The van der Waals surface area contributed by atoms with Gasteiger partial charge in [-0.3, -0.25) is 0 Å². The first-order chi connectivity index (χ1) is 4.00. The molecule has 0 aromatic heterocycles. The Bertz CT molecular complexity index is 136. The Morgan fingerprint density at radius 2 is 2.11 bits per heavy atom. The summed E-state index contributed by atoms with van der Waals surface area (Å²) >= 11 is 5.74. The van der Waals surface area contributed by atoms with Crippen LogP contribution in [0.5, 0.6) is 0 Å². The molecule has 0 heterocycles. The van der Waals surface area contributed by atoms with Crippen molar-refractivity contribution >= 4 is 17.7 Å². The van der Waals surface area contributed by atoms with Crippen molar-refractivity contribution in [2.24, 2.45) is 10.9 Å². The number of halogens is 1. The summed E-state index contributed by atoms with van der Waals surface area (Å²) in [7, 11) is 0. The summed E-state index contributed by atoms with van der Waals surface area (Å²) in [6, 6.07) is 0. The minimum Gasteiger partial charge on any atom is -0.211 e. The van der Waals surface area contributed by atoms with E-state index < -0.39 is 5.00 Å². The Labute approximate surface area is 59.9 Å². The van der Waals surface area contributed by atoms with E-state index >= 15 is 0 Å². The molecule has 0 aromatic rings. The van der Waals surface area contributed by atoms with Crippen LogP contribution in [0.25, 0.3) is 0 Å². The molecule has 9 heavy (non-hydrogen) atoms. The van der Waals surface area contributed by atoms with Gasteiger partial charge in [0, 0.05) is 0 Å². The van der Waals surface area contributed by atoms with Crippen molar-refractivity contribution in [3.05, 3.63) is 0 Å². The van der Waals surface area contributed by atoms with Gasteiger partial charge in [-0.1, -0.05) is 25.4 Å². The van der Waals surface area contributed by atoms with Gasteiger partial charge in [-0.2, -0.15) is 4.99 Å². The van der Waals surface area contributed by atoms with Crippen LogP contribution in [0.1, 0.15) is 20.8 Å². The highest BCUT2D eigenvalue weighted by molar-refractivity contribution is 6.23. The highest BCUT2D eigenvalue weighted by Crippen LogP contribution is 2.24. The van der Waals surface area contributed by atoms with E-state index in [0.717, 1.165) is 0 Å². The van der Waals surface area contributed by atoms with Gasteiger partial charge in [-0.15, -0.1) is 0 Å². The molecule has 3 heteroatoms. The highest BCUT2D eigenvalue weighted by atomic mass is 35.5. The van der Waals surface area contributed by atoms with Gasteiger partial charge < -0.3 is 0 Å². The SMILES string of the molecule is CC(C)C(C)(Cl)N=C=O. The zero-order valence-corrected chi connectivity index (χ0v) is 6.57. The van der Waals surface area contributed by atoms with E-state index in [1.807, 2.05) is 13.8 Å². The van der Waals surface area contributed by atoms with Crippen LogP contribution in [0.3, 0.4) is 0 Å². The van der Waals surface area contributed by atoms with Gasteiger partial charge in [-0.05, 0) is 12.8 Å². The van der Waals surface area contributed by atoms with Crippen LogP contribution in [-0.2, 0) is 4.79 Å². The molecule has 1 atom stereocenters. The van der Waals surface area contributed by atoms with Crippen molar-refractivity contribution in [1.82, 2.24) is 0 Å². The average molecular weight is 148 g/mol. The number of rotatable bonds is 2. The summed E-state index contributed by atoms with van der Waals surface area (Å²) in [5, 5.41) is 0. The van der Waals surface area contributed by atoms with Gasteiger partial charge in [0.25, 0.3) is 0 Å². The van der Waals surface area contributed by atoms with Gasteiger partial charge in [0.05, 0.1) is 0 Å². The van der Waals surface area contributed by atoms with E-state index in [9.17, 15) is 4.79 Å². The van der Waals surface area contributed by atoms with Crippen molar-refractivity contribution in [1.29, 1.82) is 0 Å². The molecule has 0 spiro atoms. The van der Waals surface area contributed by atoms with Gasteiger partial charge >= 0.3 is 0 Å². The van der Waals surface area contributed by atoms with Crippen LogP contribution in [0.15, 0.2) is 4.99 Å². The molecule has 0 aliphatic carbocycles. The predicted octanol–water partition coefficient (Wildman–Crippen LogP) is 1.93. The van der Waals surface area contributed by atoms with Crippen LogP contribution < -0.4 is 0 Å². The van der Waals surface area contributed by atoms with Crippen molar-refractivity contribution in [3.8, 4) is 0 Å². The summed E-state index contributed by atoms with van der Waals surface area (Å²) in [6.07, 6.45) is 1.43. The molecule has 0 radical (unpaired) electrons. The summed E-state index contributed by atoms with van der Waals surface area (Å²) in [6.45, 7) is 5.48. The second-order valence-electron chi connectivity index (χ2n) is 2.38. The molecule has 0 aromatic carbocycles. The molecule has 0 amide bonds. The van der Waals surface area contributed by atoms with Gasteiger partial charge in [0.2, 0.25) is 6.08 Å². The molecule has 0 aliphatic heterocycles. The molecule has 52 valence electrons. The van der Waals surface area contributed by atoms with E-state index in [2.05, 4.69) is 4.99 Å². The fraction of sp³-hybridized carbons (Fsp3) is 0.833. The molecule has 0 bridgehead atoms. The standard InChI is InChI=1S/C6H10ClNO/c1-5(2)6(3,7)8-4-9/h5H,1-3H3. The van der Waals surface area contributed by atoms with Crippen LogP contribution in [0, 0.1) is 5.92 Å². The molecule has 0 N–H and O–H groups in total. The van der Waals surface area contributed by atoms with Crippen LogP contribution in [0.4, 0.5) is 0 Å². The number of isocyanates is 1. The lowest BCUT2D eigenvalue weighted by Gasteiger charge is -2.18. The summed E-state index contributed by atoms with van der Waals surface area (Å²) < 4.78 is 0. The third-order valence-corrected chi connectivity index (χ3v) is 1.84. The molecule has 0 saturated heterocycles. The number of carbonyl (C=O) groups excluding carboxylic acids is 1. The lowest BCUT2D eigenvalue weighted by Crippen LogP contribution is -2.20. The Morgan fingerprint density at radius 1 is 1.67 bits per heavy atom. The quantitative estimate of drug-likeness (QED) is 0.254. The number of hydrogen-bond acceptors (Lipinski definition) is 2. The zero-order chi connectivity index (χ0) is 7.49. The van der Waals surface area contributed by atoms with Crippen molar-refractivity contribution in [3.63, 3.8) is 0 Å². The maximum atomic E-state index is 9.75. The fourth-order valence-corrected chi connectivity index (χ4v) is 0.253. The molecular weight excluding hydrogens is 138 g/mol. The molecule has 2 nitrogen and oxygen atoms in total. The summed E-state index contributed by atoms with van der Waals surface area (Å²) in [4.78, 5) is 12.4. The second-order valence-corrected chi connectivity index (χ2v) is 3.15. The maximum Gasteiger partial charge on any atom is 0.236 e. The molecule has 0 rings (SSSR count). The molecule has 0 fully saturated rings. The first-order valence-electron chi connectivity index (χ1n) is 2.78. The topological polar surface area (TPSA) is 29.4 Å². The molecule has 0 aliphatic rings. The minimum absolute atomic E-state index is 0.153. The predicted molar refractivity (Wildman–Crippen MR) is 37.2 cm³/mol. The third kappa shape index (κ3) is 2.64. The Balaban J connectivity index is 4.18. The van der Waals surface area contributed by atoms with Crippen molar-refractivity contribution in [2.45, 2.75) is 25.8 Å². The van der Waals surface area contributed by atoms with Gasteiger partial charge in [0.1, 0.15) is 5.00 Å². The largest absolute Gasteiger partial charge is 0.236 e. The highest BCUT2D eigenvalue weighted by Gasteiger charge is 2.23. The Kier molecular flexibility index (Phi) is 2.89. The fourth-order valence-electron chi connectivity index (χ4n) is 0.218. The first-order valence-corrected chi connectivity index (χ1v) is 3.16. The average Bonchev–Trinajstić information content (AvgIpc) is 1.65. The maximum absolute atomic E-state index is 9.75. The van der Waals surface area contributed by atoms with E-state index in [0.29, 0.717) is 0 Å². The minimum atomic E-state index is -0.776.